The second-order valence-electron chi connectivity index (χ2n) is 3.95. The van der Waals surface area contributed by atoms with Crippen LogP contribution in [-0.4, -0.2) is 0 Å². The van der Waals surface area contributed by atoms with Gasteiger partial charge in [0.25, 0.3) is 0 Å². The standard InChI is InChI=1S/C11H22/c1-5-7-11(4)9-6-8-10(2)3/h5,10-11H,1,6-9H2,2-4H3. The van der Waals surface area contributed by atoms with E-state index in [2.05, 4.69) is 27.4 Å². The summed E-state index contributed by atoms with van der Waals surface area (Å²) in [4.78, 5) is 0. The van der Waals surface area contributed by atoms with Crippen molar-refractivity contribution in [1.82, 2.24) is 0 Å². The molecule has 0 aliphatic rings. The fraction of sp³-hybridized carbons (Fsp3) is 0.818. The van der Waals surface area contributed by atoms with Crippen LogP contribution in [0.15, 0.2) is 12.7 Å². The molecule has 0 aliphatic heterocycles. The Morgan fingerprint density at radius 1 is 1.18 bits per heavy atom. The molecule has 0 aliphatic carbocycles. The number of allylic oxidation sites excluding steroid dienone is 1. The van der Waals surface area contributed by atoms with E-state index in [0.29, 0.717) is 0 Å². The first-order valence-electron chi connectivity index (χ1n) is 4.77. The van der Waals surface area contributed by atoms with Gasteiger partial charge in [0.2, 0.25) is 0 Å². The van der Waals surface area contributed by atoms with E-state index in [-0.39, 0.29) is 0 Å². The van der Waals surface area contributed by atoms with Crippen LogP contribution in [0.3, 0.4) is 0 Å². The van der Waals surface area contributed by atoms with Gasteiger partial charge in [0.1, 0.15) is 0 Å². The van der Waals surface area contributed by atoms with Crippen LogP contribution in [0.4, 0.5) is 0 Å². The first-order chi connectivity index (χ1) is 5.16. The Morgan fingerprint density at radius 2 is 1.82 bits per heavy atom. The summed E-state index contributed by atoms with van der Waals surface area (Å²) in [7, 11) is 0. The molecule has 66 valence electrons. The second kappa shape index (κ2) is 6.45. The lowest BCUT2D eigenvalue weighted by Gasteiger charge is -2.09. The van der Waals surface area contributed by atoms with Crippen molar-refractivity contribution in [2.45, 2.75) is 46.5 Å². The van der Waals surface area contributed by atoms with Gasteiger partial charge in [0.15, 0.2) is 0 Å². The van der Waals surface area contributed by atoms with Gasteiger partial charge >= 0.3 is 0 Å². The van der Waals surface area contributed by atoms with Crippen LogP contribution >= 0.6 is 0 Å². The van der Waals surface area contributed by atoms with Crippen molar-refractivity contribution in [2.75, 3.05) is 0 Å². The molecule has 0 nitrogen and oxygen atoms in total. The normalized spacial score (nSPS) is 13.5. The van der Waals surface area contributed by atoms with Crippen LogP contribution in [0, 0.1) is 11.8 Å². The molecule has 0 aromatic heterocycles. The fourth-order valence-corrected chi connectivity index (χ4v) is 1.28. The first-order valence-corrected chi connectivity index (χ1v) is 4.77. The lowest BCUT2D eigenvalue weighted by atomic mass is 9.97. The molecule has 0 bridgehead atoms. The zero-order chi connectivity index (χ0) is 8.69. The number of rotatable bonds is 6. The van der Waals surface area contributed by atoms with E-state index < -0.39 is 0 Å². The molecule has 0 heteroatoms. The highest BCUT2D eigenvalue weighted by atomic mass is 14.1. The van der Waals surface area contributed by atoms with E-state index in [4.69, 9.17) is 0 Å². The predicted octanol–water partition coefficient (Wildman–Crippen LogP) is 4.02. The molecule has 0 radical (unpaired) electrons. The van der Waals surface area contributed by atoms with E-state index in [1.807, 2.05) is 6.08 Å². The SMILES string of the molecule is C=CCC(C)CCCC(C)C. The van der Waals surface area contributed by atoms with Gasteiger partial charge in [-0.1, -0.05) is 46.1 Å². The van der Waals surface area contributed by atoms with Crippen molar-refractivity contribution in [3.05, 3.63) is 12.7 Å². The fourth-order valence-electron chi connectivity index (χ4n) is 1.28. The molecular formula is C11H22. The van der Waals surface area contributed by atoms with Gasteiger partial charge in [-0.15, -0.1) is 6.58 Å². The summed E-state index contributed by atoms with van der Waals surface area (Å²) in [6.07, 6.45) is 7.33. The average Bonchev–Trinajstić information content (AvgIpc) is 1.87. The molecule has 0 aromatic rings. The second-order valence-corrected chi connectivity index (χ2v) is 3.95. The maximum atomic E-state index is 3.74. The third kappa shape index (κ3) is 7.64. The smallest absolute Gasteiger partial charge is 0.0328 e. The van der Waals surface area contributed by atoms with Crippen LogP contribution in [-0.2, 0) is 0 Å². The van der Waals surface area contributed by atoms with Crippen LogP contribution in [0.25, 0.3) is 0 Å². The summed E-state index contributed by atoms with van der Waals surface area (Å²) in [5.74, 6) is 1.71. The molecule has 0 heterocycles. The van der Waals surface area contributed by atoms with Gasteiger partial charge < -0.3 is 0 Å². The molecule has 0 rings (SSSR count). The Morgan fingerprint density at radius 3 is 2.27 bits per heavy atom. The van der Waals surface area contributed by atoms with E-state index >= 15 is 0 Å². The average molecular weight is 154 g/mol. The number of hydrogen-bond donors (Lipinski definition) is 0. The van der Waals surface area contributed by atoms with Gasteiger partial charge in [0, 0.05) is 0 Å². The quantitative estimate of drug-likeness (QED) is 0.507. The van der Waals surface area contributed by atoms with Gasteiger partial charge in [-0.3, -0.25) is 0 Å². The van der Waals surface area contributed by atoms with Crippen molar-refractivity contribution >= 4 is 0 Å². The van der Waals surface area contributed by atoms with Crippen molar-refractivity contribution < 1.29 is 0 Å². The molecule has 0 N–H and O–H groups in total. The minimum atomic E-state index is 0.839. The molecule has 0 aromatic carbocycles. The van der Waals surface area contributed by atoms with E-state index in [1.165, 1.54) is 25.7 Å². The Balaban J connectivity index is 3.16. The molecule has 0 saturated carbocycles. The molecule has 1 atom stereocenters. The van der Waals surface area contributed by atoms with Crippen molar-refractivity contribution in [1.29, 1.82) is 0 Å². The molecule has 0 fully saturated rings. The van der Waals surface area contributed by atoms with Crippen LogP contribution < -0.4 is 0 Å². The van der Waals surface area contributed by atoms with Crippen molar-refractivity contribution in [3.8, 4) is 0 Å². The monoisotopic (exact) mass is 154 g/mol. The number of hydrogen-bond acceptors (Lipinski definition) is 0. The minimum absolute atomic E-state index is 0.839. The van der Waals surface area contributed by atoms with E-state index in [9.17, 15) is 0 Å². The summed E-state index contributed by atoms with van der Waals surface area (Å²) >= 11 is 0. The van der Waals surface area contributed by atoms with Gasteiger partial charge in [-0.25, -0.2) is 0 Å². The summed E-state index contributed by atoms with van der Waals surface area (Å²) < 4.78 is 0. The maximum Gasteiger partial charge on any atom is -0.0328 e. The zero-order valence-electron chi connectivity index (χ0n) is 8.27. The van der Waals surface area contributed by atoms with Gasteiger partial charge in [-0.2, -0.15) is 0 Å². The predicted molar refractivity (Wildman–Crippen MR) is 52.7 cm³/mol. The lowest BCUT2D eigenvalue weighted by Crippen LogP contribution is -1.94. The zero-order valence-corrected chi connectivity index (χ0v) is 8.27. The molecule has 11 heavy (non-hydrogen) atoms. The van der Waals surface area contributed by atoms with Crippen molar-refractivity contribution in [3.63, 3.8) is 0 Å². The third-order valence-corrected chi connectivity index (χ3v) is 2.05. The van der Waals surface area contributed by atoms with E-state index in [0.717, 1.165) is 11.8 Å². The molecule has 1 unspecified atom stereocenters. The third-order valence-electron chi connectivity index (χ3n) is 2.05. The summed E-state index contributed by atoms with van der Waals surface area (Å²) in [5, 5.41) is 0. The largest absolute Gasteiger partial charge is 0.103 e. The Kier molecular flexibility index (Phi) is 6.30. The lowest BCUT2D eigenvalue weighted by molar-refractivity contribution is 0.461. The minimum Gasteiger partial charge on any atom is -0.103 e. The molecular weight excluding hydrogens is 132 g/mol. The molecule has 0 saturated heterocycles. The Bertz CT molecular complexity index is 92.2. The molecule has 0 amide bonds. The Hall–Kier alpha value is -0.260. The maximum absolute atomic E-state index is 3.74. The van der Waals surface area contributed by atoms with E-state index in [1.54, 1.807) is 0 Å². The summed E-state index contributed by atoms with van der Waals surface area (Å²) in [5.41, 5.74) is 0. The highest BCUT2D eigenvalue weighted by molar-refractivity contribution is 4.70. The van der Waals surface area contributed by atoms with Crippen LogP contribution in [0.5, 0.6) is 0 Å². The first kappa shape index (κ1) is 10.7. The summed E-state index contributed by atoms with van der Waals surface area (Å²) in [6, 6.07) is 0. The topological polar surface area (TPSA) is 0 Å². The highest BCUT2D eigenvalue weighted by Crippen LogP contribution is 2.14. The van der Waals surface area contributed by atoms with Gasteiger partial charge in [-0.05, 0) is 18.3 Å². The van der Waals surface area contributed by atoms with Crippen LogP contribution in [0.2, 0.25) is 0 Å². The highest BCUT2D eigenvalue weighted by Gasteiger charge is 2.00. The van der Waals surface area contributed by atoms with Crippen molar-refractivity contribution in [2.24, 2.45) is 11.8 Å². The van der Waals surface area contributed by atoms with Gasteiger partial charge in [0.05, 0.1) is 0 Å². The summed E-state index contributed by atoms with van der Waals surface area (Å²) in [6.45, 7) is 10.6. The van der Waals surface area contributed by atoms with Crippen LogP contribution in [0.1, 0.15) is 46.5 Å². The Labute approximate surface area is 71.7 Å². The molecule has 0 spiro atoms.